The van der Waals surface area contributed by atoms with Crippen molar-refractivity contribution in [1.29, 1.82) is 0 Å². The molecule has 1 aliphatic heterocycles. The topological polar surface area (TPSA) is 18.5 Å². The van der Waals surface area contributed by atoms with Crippen LogP contribution in [0, 0.1) is 0 Å². The third-order valence-electron chi connectivity index (χ3n) is 4.85. The van der Waals surface area contributed by atoms with Gasteiger partial charge in [0.15, 0.2) is 0 Å². The fourth-order valence-corrected chi connectivity index (χ4v) is 3.52. The number of hydrogen-bond donors (Lipinski definition) is 1. The Bertz CT molecular complexity index is 232. The second-order valence-corrected chi connectivity index (χ2v) is 6.02. The van der Waals surface area contributed by atoms with Gasteiger partial charge in [0.05, 0.1) is 0 Å². The molecule has 2 rings (SSSR count). The van der Waals surface area contributed by atoms with Crippen LogP contribution in [0.25, 0.3) is 0 Å². The van der Waals surface area contributed by atoms with Crippen LogP contribution in [-0.2, 0) is 0 Å². The Balaban J connectivity index is 1.80. The van der Waals surface area contributed by atoms with E-state index in [0.717, 1.165) is 18.1 Å². The zero-order chi connectivity index (χ0) is 12.3. The smallest absolute Gasteiger partial charge is 0.0220 e. The van der Waals surface area contributed by atoms with Crippen LogP contribution in [0.3, 0.4) is 0 Å². The van der Waals surface area contributed by atoms with Crippen LogP contribution in [0.4, 0.5) is 0 Å². The summed E-state index contributed by atoms with van der Waals surface area (Å²) in [6.45, 7) is 2.56. The molecule has 1 saturated carbocycles. The zero-order valence-electron chi connectivity index (χ0n) is 11.8. The summed E-state index contributed by atoms with van der Waals surface area (Å²) in [5.41, 5.74) is 0. The summed E-state index contributed by atoms with van der Waals surface area (Å²) in [7, 11) is 6.72. The van der Waals surface area contributed by atoms with E-state index < -0.39 is 0 Å². The summed E-state index contributed by atoms with van der Waals surface area (Å²) < 4.78 is 0. The third kappa shape index (κ3) is 3.43. The van der Waals surface area contributed by atoms with Gasteiger partial charge in [-0.15, -0.1) is 0 Å². The molecule has 3 unspecified atom stereocenters. The van der Waals surface area contributed by atoms with Gasteiger partial charge < -0.3 is 15.1 Å². The molecule has 17 heavy (non-hydrogen) atoms. The van der Waals surface area contributed by atoms with Crippen molar-refractivity contribution in [1.82, 2.24) is 15.1 Å². The van der Waals surface area contributed by atoms with Crippen molar-refractivity contribution in [2.75, 3.05) is 34.2 Å². The van der Waals surface area contributed by atoms with E-state index in [1.165, 1.54) is 51.6 Å². The standard InChI is InChI=1S/C14H29N3/c1-15-12-6-4-7-13(10-12)17(3)11-14-8-5-9-16(14)2/h12-15H,4-11H2,1-3H3. The highest BCUT2D eigenvalue weighted by atomic mass is 15.2. The zero-order valence-corrected chi connectivity index (χ0v) is 11.8. The fourth-order valence-electron chi connectivity index (χ4n) is 3.52. The van der Waals surface area contributed by atoms with Gasteiger partial charge in [0.1, 0.15) is 0 Å². The maximum absolute atomic E-state index is 3.45. The highest BCUT2D eigenvalue weighted by Gasteiger charge is 2.28. The number of nitrogens with one attached hydrogen (secondary N) is 1. The van der Waals surface area contributed by atoms with Crippen molar-refractivity contribution in [2.24, 2.45) is 0 Å². The number of rotatable bonds is 4. The van der Waals surface area contributed by atoms with Crippen LogP contribution in [0.1, 0.15) is 38.5 Å². The summed E-state index contributed by atoms with van der Waals surface area (Å²) in [4.78, 5) is 5.16. The molecule has 3 heteroatoms. The molecule has 0 aromatic rings. The van der Waals surface area contributed by atoms with Crippen molar-refractivity contribution >= 4 is 0 Å². The van der Waals surface area contributed by atoms with Gasteiger partial charge in [-0.05, 0) is 59.8 Å². The van der Waals surface area contributed by atoms with E-state index in [1.807, 2.05) is 0 Å². The van der Waals surface area contributed by atoms with Crippen LogP contribution in [-0.4, -0.2) is 62.2 Å². The van der Waals surface area contributed by atoms with Gasteiger partial charge in [0, 0.05) is 24.7 Å². The molecule has 2 aliphatic rings. The molecule has 1 N–H and O–H groups in total. The normalized spacial score (nSPS) is 35.6. The minimum absolute atomic E-state index is 0.748. The van der Waals surface area contributed by atoms with Gasteiger partial charge in [0.25, 0.3) is 0 Å². The molecule has 3 nitrogen and oxygen atoms in total. The third-order valence-corrected chi connectivity index (χ3v) is 4.85. The lowest BCUT2D eigenvalue weighted by Gasteiger charge is -2.37. The van der Waals surface area contributed by atoms with Crippen LogP contribution in [0.2, 0.25) is 0 Å². The van der Waals surface area contributed by atoms with E-state index in [1.54, 1.807) is 0 Å². The van der Waals surface area contributed by atoms with Crippen LogP contribution >= 0.6 is 0 Å². The maximum atomic E-state index is 3.45. The summed E-state index contributed by atoms with van der Waals surface area (Å²) in [5, 5.41) is 3.45. The number of nitrogens with zero attached hydrogens (tertiary/aromatic N) is 2. The molecule has 3 atom stereocenters. The molecule has 0 radical (unpaired) electrons. The Morgan fingerprint density at radius 1 is 1.24 bits per heavy atom. The van der Waals surface area contributed by atoms with Crippen molar-refractivity contribution in [3.8, 4) is 0 Å². The summed E-state index contributed by atoms with van der Waals surface area (Å²) >= 11 is 0. The molecule has 1 aliphatic carbocycles. The highest BCUT2D eigenvalue weighted by molar-refractivity contribution is 4.85. The lowest BCUT2D eigenvalue weighted by Crippen LogP contribution is -2.46. The summed E-state index contributed by atoms with van der Waals surface area (Å²) in [5.74, 6) is 0. The maximum Gasteiger partial charge on any atom is 0.0220 e. The minimum Gasteiger partial charge on any atom is -0.317 e. The fraction of sp³-hybridized carbons (Fsp3) is 1.00. The van der Waals surface area contributed by atoms with Crippen LogP contribution < -0.4 is 5.32 Å². The van der Waals surface area contributed by atoms with Crippen molar-refractivity contribution in [3.05, 3.63) is 0 Å². The molecule has 2 fully saturated rings. The van der Waals surface area contributed by atoms with E-state index in [0.29, 0.717) is 0 Å². The minimum atomic E-state index is 0.748. The molecule has 1 saturated heterocycles. The molecule has 0 spiro atoms. The first kappa shape index (κ1) is 13.3. The SMILES string of the molecule is CNC1CCCC(N(C)CC2CCCN2C)C1. The first-order valence-electron chi connectivity index (χ1n) is 7.28. The summed E-state index contributed by atoms with van der Waals surface area (Å²) in [6, 6.07) is 2.35. The number of likely N-dealkylation sites (N-methyl/N-ethyl adjacent to an activating group) is 2. The molecule has 0 amide bonds. The quantitative estimate of drug-likeness (QED) is 0.803. The molecular weight excluding hydrogens is 210 g/mol. The number of hydrogen-bond acceptors (Lipinski definition) is 3. The van der Waals surface area contributed by atoms with Crippen molar-refractivity contribution in [2.45, 2.75) is 56.7 Å². The van der Waals surface area contributed by atoms with Crippen LogP contribution in [0.5, 0.6) is 0 Å². The molecule has 100 valence electrons. The lowest BCUT2D eigenvalue weighted by atomic mass is 9.90. The molecule has 1 heterocycles. The summed E-state index contributed by atoms with van der Waals surface area (Å²) in [6.07, 6.45) is 8.27. The van der Waals surface area contributed by atoms with Gasteiger partial charge in [-0.1, -0.05) is 6.42 Å². The van der Waals surface area contributed by atoms with Crippen molar-refractivity contribution < 1.29 is 0 Å². The Labute approximate surface area is 107 Å². The first-order valence-corrected chi connectivity index (χ1v) is 7.28. The average molecular weight is 239 g/mol. The Morgan fingerprint density at radius 3 is 2.71 bits per heavy atom. The predicted molar refractivity (Wildman–Crippen MR) is 73.4 cm³/mol. The molecule has 0 aromatic heterocycles. The second kappa shape index (κ2) is 6.17. The van der Waals surface area contributed by atoms with Gasteiger partial charge >= 0.3 is 0 Å². The van der Waals surface area contributed by atoms with Gasteiger partial charge in [-0.3, -0.25) is 0 Å². The lowest BCUT2D eigenvalue weighted by molar-refractivity contribution is 0.136. The largest absolute Gasteiger partial charge is 0.317 e. The van der Waals surface area contributed by atoms with Gasteiger partial charge in [0.2, 0.25) is 0 Å². The monoisotopic (exact) mass is 239 g/mol. The van der Waals surface area contributed by atoms with E-state index in [2.05, 4.69) is 36.3 Å². The van der Waals surface area contributed by atoms with Gasteiger partial charge in [-0.2, -0.15) is 0 Å². The second-order valence-electron chi connectivity index (χ2n) is 6.02. The first-order chi connectivity index (χ1) is 8.20. The van der Waals surface area contributed by atoms with Crippen molar-refractivity contribution in [3.63, 3.8) is 0 Å². The van der Waals surface area contributed by atoms with E-state index in [-0.39, 0.29) is 0 Å². The van der Waals surface area contributed by atoms with E-state index in [9.17, 15) is 0 Å². The molecular formula is C14H29N3. The average Bonchev–Trinajstić information content (AvgIpc) is 2.75. The van der Waals surface area contributed by atoms with Gasteiger partial charge in [-0.25, -0.2) is 0 Å². The predicted octanol–water partition coefficient (Wildman–Crippen LogP) is 1.54. The molecule has 0 aromatic carbocycles. The Kier molecular flexibility index (Phi) is 4.83. The van der Waals surface area contributed by atoms with E-state index in [4.69, 9.17) is 0 Å². The highest BCUT2D eigenvalue weighted by Crippen LogP contribution is 2.24. The molecule has 0 bridgehead atoms. The van der Waals surface area contributed by atoms with Crippen LogP contribution in [0.15, 0.2) is 0 Å². The Morgan fingerprint density at radius 2 is 2.06 bits per heavy atom. The van der Waals surface area contributed by atoms with E-state index >= 15 is 0 Å². The Hall–Kier alpha value is -0.120. The number of likely N-dealkylation sites (tertiary alicyclic amines) is 1.